The fourth-order valence-electron chi connectivity index (χ4n) is 0.952. The lowest BCUT2D eigenvalue weighted by molar-refractivity contribution is 0.0523. The molecule has 14 heavy (non-hydrogen) atoms. The van der Waals surface area contributed by atoms with E-state index in [-0.39, 0.29) is 28.6 Å². The van der Waals surface area contributed by atoms with Gasteiger partial charge in [-0.15, -0.1) is 0 Å². The van der Waals surface area contributed by atoms with Gasteiger partial charge < -0.3 is 15.6 Å². The summed E-state index contributed by atoms with van der Waals surface area (Å²) in [5.41, 5.74) is 5.72. The number of ether oxygens (including phenoxy) is 1. The van der Waals surface area contributed by atoms with Crippen LogP contribution in [0.25, 0.3) is 0 Å². The molecule has 0 saturated heterocycles. The lowest BCUT2D eigenvalue weighted by Gasteiger charge is -2.06. The van der Waals surface area contributed by atoms with Gasteiger partial charge in [0.05, 0.1) is 17.3 Å². The number of carbonyl (C=O) groups is 1. The van der Waals surface area contributed by atoms with Crippen molar-refractivity contribution in [2.75, 3.05) is 12.3 Å². The van der Waals surface area contributed by atoms with Crippen molar-refractivity contribution in [3.05, 3.63) is 22.7 Å². The topological polar surface area (TPSA) is 72.5 Å². The van der Waals surface area contributed by atoms with Crippen LogP contribution in [0.3, 0.4) is 0 Å². The van der Waals surface area contributed by atoms with E-state index >= 15 is 0 Å². The predicted molar refractivity (Wildman–Crippen MR) is 53.5 cm³/mol. The van der Waals surface area contributed by atoms with Crippen molar-refractivity contribution in [3.8, 4) is 5.75 Å². The average Bonchev–Trinajstić information content (AvgIpc) is 2.11. The highest BCUT2D eigenvalue weighted by molar-refractivity contribution is 6.33. The summed E-state index contributed by atoms with van der Waals surface area (Å²) in [5.74, 6) is -0.851. The van der Waals surface area contributed by atoms with Crippen LogP contribution in [-0.2, 0) is 4.74 Å². The quantitative estimate of drug-likeness (QED) is 0.448. The second kappa shape index (κ2) is 4.19. The van der Waals surface area contributed by atoms with E-state index in [0.29, 0.717) is 0 Å². The van der Waals surface area contributed by atoms with E-state index in [9.17, 15) is 9.90 Å². The zero-order valence-corrected chi connectivity index (χ0v) is 8.34. The molecule has 0 amide bonds. The lowest BCUT2D eigenvalue weighted by atomic mass is 10.2. The summed E-state index contributed by atoms with van der Waals surface area (Å²) in [6.45, 7) is 1.91. The van der Waals surface area contributed by atoms with Crippen LogP contribution in [0.4, 0.5) is 5.69 Å². The van der Waals surface area contributed by atoms with Crippen LogP contribution in [0.15, 0.2) is 12.1 Å². The van der Waals surface area contributed by atoms with Gasteiger partial charge >= 0.3 is 5.97 Å². The number of benzene rings is 1. The molecule has 0 atom stereocenters. The average molecular weight is 216 g/mol. The zero-order chi connectivity index (χ0) is 10.7. The first-order chi connectivity index (χ1) is 6.56. The number of phenolic OH excluding ortho intramolecular Hbond substituents is 1. The Morgan fingerprint density at radius 3 is 2.86 bits per heavy atom. The molecule has 1 aromatic rings. The molecule has 0 aliphatic carbocycles. The van der Waals surface area contributed by atoms with Crippen LogP contribution in [0.5, 0.6) is 5.75 Å². The smallest absolute Gasteiger partial charge is 0.341 e. The van der Waals surface area contributed by atoms with E-state index in [0.717, 1.165) is 0 Å². The molecular weight excluding hydrogens is 206 g/mol. The highest BCUT2D eigenvalue weighted by atomic mass is 35.5. The largest absolute Gasteiger partial charge is 0.507 e. The van der Waals surface area contributed by atoms with Crippen LogP contribution < -0.4 is 5.73 Å². The Bertz CT molecular complexity index is 365. The minimum absolute atomic E-state index is 0.0220. The molecule has 4 nitrogen and oxygen atoms in total. The molecule has 5 heteroatoms. The molecule has 0 spiro atoms. The Morgan fingerprint density at radius 1 is 1.64 bits per heavy atom. The van der Waals surface area contributed by atoms with Gasteiger partial charge in [-0.2, -0.15) is 0 Å². The van der Waals surface area contributed by atoms with Crippen molar-refractivity contribution in [2.45, 2.75) is 6.92 Å². The number of nitrogen functional groups attached to an aromatic ring is 1. The highest BCUT2D eigenvalue weighted by Crippen LogP contribution is 2.28. The van der Waals surface area contributed by atoms with Gasteiger partial charge in [-0.3, -0.25) is 0 Å². The number of halogens is 1. The van der Waals surface area contributed by atoms with Crippen LogP contribution in [0, 0.1) is 0 Å². The third-order valence-corrected chi connectivity index (χ3v) is 1.94. The molecule has 76 valence electrons. The number of hydrogen-bond acceptors (Lipinski definition) is 4. The number of anilines is 1. The summed E-state index contributed by atoms with van der Waals surface area (Å²) in [6, 6.07) is 2.50. The van der Waals surface area contributed by atoms with Crippen molar-refractivity contribution in [2.24, 2.45) is 0 Å². The van der Waals surface area contributed by atoms with Crippen LogP contribution in [0.2, 0.25) is 5.02 Å². The first-order valence-corrected chi connectivity index (χ1v) is 4.39. The molecule has 0 aliphatic rings. The zero-order valence-electron chi connectivity index (χ0n) is 7.58. The Morgan fingerprint density at radius 2 is 2.29 bits per heavy atom. The highest BCUT2D eigenvalue weighted by Gasteiger charge is 2.14. The van der Waals surface area contributed by atoms with Crippen molar-refractivity contribution in [1.29, 1.82) is 0 Å². The predicted octanol–water partition coefficient (Wildman–Crippen LogP) is 1.80. The van der Waals surface area contributed by atoms with E-state index in [1.54, 1.807) is 6.92 Å². The molecule has 0 radical (unpaired) electrons. The summed E-state index contributed by atoms with van der Waals surface area (Å²) >= 11 is 5.63. The number of aromatic hydroxyl groups is 1. The summed E-state index contributed by atoms with van der Waals surface area (Å²) in [6.07, 6.45) is 0. The maximum atomic E-state index is 11.2. The number of carbonyl (C=O) groups excluding carboxylic acids is 1. The van der Waals surface area contributed by atoms with Crippen molar-refractivity contribution < 1.29 is 14.6 Å². The molecule has 0 aliphatic heterocycles. The van der Waals surface area contributed by atoms with Gasteiger partial charge in [-0.25, -0.2) is 4.79 Å². The van der Waals surface area contributed by atoms with Crippen molar-refractivity contribution in [3.63, 3.8) is 0 Å². The third-order valence-electron chi connectivity index (χ3n) is 1.61. The normalized spacial score (nSPS) is 9.86. The first kappa shape index (κ1) is 10.7. The summed E-state index contributed by atoms with van der Waals surface area (Å²) in [5, 5.41) is 9.58. The van der Waals surface area contributed by atoms with Crippen molar-refractivity contribution >= 4 is 23.3 Å². The monoisotopic (exact) mass is 215 g/mol. The van der Waals surface area contributed by atoms with Gasteiger partial charge in [0.1, 0.15) is 11.3 Å². The van der Waals surface area contributed by atoms with E-state index < -0.39 is 5.97 Å². The number of hydrogen-bond donors (Lipinski definition) is 2. The first-order valence-electron chi connectivity index (χ1n) is 4.01. The molecule has 0 fully saturated rings. The van der Waals surface area contributed by atoms with Gasteiger partial charge in [0.25, 0.3) is 0 Å². The molecule has 1 aromatic carbocycles. The Kier molecular flexibility index (Phi) is 3.19. The van der Waals surface area contributed by atoms with E-state index in [1.165, 1.54) is 12.1 Å². The van der Waals surface area contributed by atoms with Gasteiger partial charge in [-0.05, 0) is 13.0 Å². The van der Waals surface area contributed by atoms with Gasteiger partial charge in [-0.1, -0.05) is 11.6 Å². The van der Waals surface area contributed by atoms with Gasteiger partial charge in [0.2, 0.25) is 0 Å². The minimum Gasteiger partial charge on any atom is -0.507 e. The summed E-state index contributed by atoms with van der Waals surface area (Å²) < 4.78 is 4.71. The SMILES string of the molecule is CCOC(=O)c1cc(N)c(Cl)cc1O. The van der Waals surface area contributed by atoms with Crippen LogP contribution in [-0.4, -0.2) is 17.7 Å². The molecule has 1 rings (SSSR count). The fraction of sp³-hybridized carbons (Fsp3) is 0.222. The maximum absolute atomic E-state index is 11.2. The molecule has 0 bridgehead atoms. The fourth-order valence-corrected chi connectivity index (χ4v) is 1.11. The summed E-state index contributed by atoms with van der Waals surface area (Å²) in [4.78, 5) is 11.2. The van der Waals surface area contributed by atoms with Gasteiger partial charge in [0.15, 0.2) is 0 Å². The lowest BCUT2D eigenvalue weighted by Crippen LogP contribution is -2.05. The molecule has 0 heterocycles. The van der Waals surface area contributed by atoms with Crippen LogP contribution in [0.1, 0.15) is 17.3 Å². The Balaban J connectivity index is 3.09. The maximum Gasteiger partial charge on any atom is 0.341 e. The van der Waals surface area contributed by atoms with Crippen LogP contribution >= 0.6 is 11.6 Å². The van der Waals surface area contributed by atoms with Gasteiger partial charge in [0, 0.05) is 6.07 Å². The van der Waals surface area contributed by atoms with E-state index in [2.05, 4.69) is 0 Å². The second-order valence-electron chi connectivity index (χ2n) is 2.61. The Labute approximate surface area is 86.2 Å². The standard InChI is InChI=1S/C9H10ClNO3/c1-2-14-9(13)5-3-7(11)6(10)4-8(5)12/h3-4,12H,2,11H2,1H3. The summed E-state index contributed by atoms with van der Waals surface area (Å²) in [7, 11) is 0. The molecule has 0 aromatic heterocycles. The van der Waals surface area contributed by atoms with Crippen molar-refractivity contribution in [1.82, 2.24) is 0 Å². The molecule has 3 N–H and O–H groups in total. The number of nitrogens with two attached hydrogens (primary N) is 1. The Hall–Kier alpha value is -1.42. The minimum atomic E-state index is -0.617. The second-order valence-corrected chi connectivity index (χ2v) is 3.02. The third kappa shape index (κ3) is 2.09. The number of esters is 1. The molecule has 0 saturated carbocycles. The molecular formula is C9H10ClNO3. The molecule has 0 unspecified atom stereocenters. The van der Waals surface area contributed by atoms with E-state index in [1.807, 2.05) is 0 Å². The number of phenols is 1. The number of rotatable bonds is 2. The van der Waals surface area contributed by atoms with E-state index in [4.69, 9.17) is 22.1 Å².